The Bertz CT molecular complexity index is 535. The molecular formula is C11H7Cl2NO2. The standard InChI is InChI=1S/C11H7Cl2NO2/c12-8-2-1-5(3-9(8)13)10(15)6-4-7(6)11(14)16/h1-3H,4H2,(H2,14,16). The van der Waals surface area contributed by atoms with Crippen LogP contribution in [0.5, 0.6) is 0 Å². The Hall–Kier alpha value is -1.32. The predicted molar refractivity (Wildman–Crippen MR) is 61.6 cm³/mol. The summed E-state index contributed by atoms with van der Waals surface area (Å²) in [6.45, 7) is 0. The molecule has 0 atom stereocenters. The highest BCUT2D eigenvalue weighted by Gasteiger charge is 2.32. The van der Waals surface area contributed by atoms with Crippen molar-refractivity contribution < 1.29 is 9.59 Å². The molecule has 82 valence electrons. The van der Waals surface area contributed by atoms with Crippen molar-refractivity contribution in [3.63, 3.8) is 0 Å². The zero-order valence-electron chi connectivity index (χ0n) is 8.09. The first-order valence-electron chi connectivity index (χ1n) is 4.52. The summed E-state index contributed by atoms with van der Waals surface area (Å²) in [5.74, 6) is -0.754. The van der Waals surface area contributed by atoms with Gasteiger partial charge in [-0.3, -0.25) is 9.59 Å². The minimum atomic E-state index is -0.539. The number of rotatable bonds is 3. The van der Waals surface area contributed by atoms with E-state index in [2.05, 4.69) is 0 Å². The molecule has 0 aliphatic heterocycles. The molecule has 1 aliphatic carbocycles. The van der Waals surface area contributed by atoms with Gasteiger partial charge >= 0.3 is 0 Å². The largest absolute Gasteiger partial charge is 0.366 e. The molecule has 0 fully saturated rings. The van der Waals surface area contributed by atoms with E-state index in [4.69, 9.17) is 28.9 Å². The Kier molecular flexibility index (Phi) is 2.74. The number of primary amides is 1. The van der Waals surface area contributed by atoms with E-state index in [0.29, 0.717) is 33.2 Å². The molecule has 1 aromatic carbocycles. The summed E-state index contributed by atoms with van der Waals surface area (Å²) in [6, 6.07) is 4.60. The summed E-state index contributed by atoms with van der Waals surface area (Å²) in [4.78, 5) is 22.6. The van der Waals surface area contributed by atoms with Crippen LogP contribution >= 0.6 is 23.2 Å². The van der Waals surface area contributed by atoms with Crippen LogP contribution in [0.15, 0.2) is 29.3 Å². The van der Waals surface area contributed by atoms with Gasteiger partial charge in [-0.05, 0) is 18.2 Å². The summed E-state index contributed by atoms with van der Waals surface area (Å²) in [6.07, 6.45) is 0.369. The maximum absolute atomic E-state index is 11.8. The van der Waals surface area contributed by atoms with E-state index in [-0.39, 0.29) is 5.78 Å². The molecule has 1 aliphatic rings. The molecule has 2 N–H and O–H groups in total. The second kappa shape index (κ2) is 3.92. The first-order chi connectivity index (χ1) is 7.50. The molecular weight excluding hydrogens is 249 g/mol. The van der Waals surface area contributed by atoms with E-state index in [1.807, 2.05) is 0 Å². The van der Waals surface area contributed by atoms with Crippen LogP contribution in [0.25, 0.3) is 0 Å². The van der Waals surface area contributed by atoms with Gasteiger partial charge in [-0.1, -0.05) is 23.2 Å². The lowest BCUT2D eigenvalue weighted by Gasteiger charge is -1.99. The van der Waals surface area contributed by atoms with Gasteiger partial charge in [0.2, 0.25) is 5.91 Å². The lowest BCUT2D eigenvalue weighted by molar-refractivity contribution is -0.114. The van der Waals surface area contributed by atoms with Crippen LogP contribution in [0, 0.1) is 0 Å². The Morgan fingerprint density at radius 1 is 1.12 bits per heavy atom. The highest BCUT2D eigenvalue weighted by molar-refractivity contribution is 6.42. The van der Waals surface area contributed by atoms with Gasteiger partial charge in [-0.15, -0.1) is 0 Å². The number of Topliss-reactive ketones (excluding diaryl/α,β-unsaturated/α-hetero) is 1. The number of hydrogen-bond acceptors (Lipinski definition) is 2. The van der Waals surface area contributed by atoms with Gasteiger partial charge in [0.05, 0.1) is 10.0 Å². The number of benzene rings is 1. The Morgan fingerprint density at radius 2 is 1.81 bits per heavy atom. The van der Waals surface area contributed by atoms with Crippen LogP contribution in [0.4, 0.5) is 0 Å². The Balaban J connectivity index is 2.30. The normalized spacial score (nSPS) is 13.9. The fourth-order valence-electron chi connectivity index (χ4n) is 1.40. The van der Waals surface area contributed by atoms with Gasteiger partial charge < -0.3 is 5.73 Å². The maximum atomic E-state index is 11.8. The second-order valence-corrected chi connectivity index (χ2v) is 4.27. The fourth-order valence-corrected chi connectivity index (χ4v) is 1.70. The van der Waals surface area contributed by atoms with Gasteiger partial charge in [0, 0.05) is 23.1 Å². The van der Waals surface area contributed by atoms with E-state index in [1.54, 1.807) is 12.1 Å². The topological polar surface area (TPSA) is 60.2 Å². The lowest BCUT2D eigenvalue weighted by Crippen LogP contribution is -2.08. The molecule has 1 aromatic rings. The van der Waals surface area contributed by atoms with Crippen LogP contribution in [-0.4, -0.2) is 11.7 Å². The van der Waals surface area contributed by atoms with Crippen molar-refractivity contribution in [2.24, 2.45) is 5.73 Å². The molecule has 0 spiro atoms. The van der Waals surface area contributed by atoms with Gasteiger partial charge in [0.25, 0.3) is 0 Å². The van der Waals surface area contributed by atoms with Gasteiger partial charge in [-0.25, -0.2) is 0 Å². The van der Waals surface area contributed by atoms with Gasteiger partial charge in [0.15, 0.2) is 5.78 Å². The molecule has 0 unspecified atom stereocenters. The summed E-state index contributed by atoms with van der Waals surface area (Å²) in [7, 11) is 0. The molecule has 0 radical (unpaired) electrons. The van der Waals surface area contributed by atoms with Crippen LogP contribution in [-0.2, 0) is 4.79 Å². The average Bonchev–Trinajstić information content (AvgIpc) is 3.01. The summed E-state index contributed by atoms with van der Waals surface area (Å²) >= 11 is 11.5. The quantitative estimate of drug-likeness (QED) is 0.844. The van der Waals surface area contributed by atoms with Crippen LogP contribution in [0.1, 0.15) is 16.8 Å². The number of hydrogen-bond donors (Lipinski definition) is 1. The van der Waals surface area contributed by atoms with Gasteiger partial charge in [0.1, 0.15) is 0 Å². The number of amides is 1. The molecule has 0 bridgehead atoms. The third-order valence-corrected chi connectivity index (χ3v) is 3.09. The SMILES string of the molecule is NC(=O)C1=C(C(=O)c2ccc(Cl)c(Cl)c2)C1. The van der Waals surface area contributed by atoms with E-state index in [1.165, 1.54) is 6.07 Å². The monoisotopic (exact) mass is 255 g/mol. The third kappa shape index (κ3) is 1.96. The number of halogens is 2. The molecule has 1 amide bonds. The zero-order chi connectivity index (χ0) is 11.9. The molecule has 0 aromatic heterocycles. The predicted octanol–water partition coefficient (Wildman–Crippen LogP) is 2.36. The number of carbonyl (C=O) groups excluding carboxylic acids is 2. The maximum Gasteiger partial charge on any atom is 0.245 e. The zero-order valence-corrected chi connectivity index (χ0v) is 9.60. The minimum absolute atomic E-state index is 0.215. The molecule has 2 rings (SSSR count). The molecule has 0 saturated carbocycles. The lowest BCUT2D eigenvalue weighted by atomic mass is 10.1. The van der Waals surface area contributed by atoms with E-state index in [9.17, 15) is 9.59 Å². The van der Waals surface area contributed by atoms with Crippen molar-refractivity contribution in [2.45, 2.75) is 6.42 Å². The first kappa shape index (κ1) is 11.2. The fraction of sp³-hybridized carbons (Fsp3) is 0.0909. The van der Waals surface area contributed by atoms with Gasteiger partial charge in [-0.2, -0.15) is 0 Å². The van der Waals surface area contributed by atoms with Crippen molar-refractivity contribution >= 4 is 34.9 Å². The highest BCUT2D eigenvalue weighted by Crippen LogP contribution is 2.34. The Labute approximate surface area is 102 Å². The number of ketones is 1. The van der Waals surface area contributed by atoms with Crippen LogP contribution in [0.3, 0.4) is 0 Å². The highest BCUT2D eigenvalue weighted by atomic mass is 35.5. The van der Waals surface area contributed by atoms with E-state index in [0.717, 1.165) is 0 Å². The summed E-state index contributed by atoms with van der Waals surface area (Å²) in [5.41, 5.74) is 6.34. The minimum Gasteiger partial charge on any atom is -0.366 e. The Morgan fingerprint density at radius 3 is 2.31 bits per heavy atom. The van der Waals surface area contributed by atoms with Crippen molar-refractivity contribution in [1.29, 1.82) is 0 Å². The number of nitrogens with two attached hydrogens (primary N) is 1. The molecule has 5 heteroatoms. The van der Waals surface area contributed by atoms with Crippen molar-refractivity contribution in [1.82, 2.24) is 0 Å². The smallest absolute Gasteiger partial charge is 0.245 e. The summed E-state index contributed by atoms with van der Waals surface area (Å²) in [5, 5.41) is 0.701. The third-order valence-electron chi connectivity index (χ3n) is 2.35. The van der Waals surface area contributed by atoms with Crippen molar-refractivity contribution in [2.75, 3.05) is 0 Å². The average molecular weight is 256 g/mol. The van der Waals surface area contributed by atoms with E-state index < -0.39 is 5.91 Å². The van der Waals surface area contributed by atoms with Crippen LogP contribution < -0.4 is 5.73 Å². The first-order valence-corrected chi connectivity index (χ1v) is 5.28. The molecule has 0 heterocycles. The summed E-state index contributed by atoms with van der Waals surface area (Å²) < 4.78 is 0. The molecule has 0 saturated heterocycles. The molecule has 16 heavy (non-hydrogen) atoms. The van der Waals surface area contributed by atoms with Crippen molar-refractivity contribution in [3.05, 3.63) is 45.0 Å². The van der Waals surface area contributed by atoms with Crippen molar-refractivity contribution in [3.8, 4) is 0 Å². The second-order valence-electron chi connectivity index (χ2n) is 3.46. The number of carbonyl (C=O) groups is 2. The number of allylic oxidation sites excluding steroid dienone is 1. The van der Waals surface area contributed by atoms with Crippen LogP contribution in [0.2, 0.25) is 10.0 Å². The van der Waals surface area contributed by atoms with E-state index >= 15 is 0 Å². The molecule has 3 nitrogen and oxygen atoms in total.